The molecule has 0 N–H and O–H groups in total. The van der Waals surface area contributed by atoms with Crippen LogP contribution in [0.25, 0.3) is 0 Å². The molecular formula is C23H33S+. The molecule has 1 heteroatoms. The Kier molecular flexibility index (Phi) is 9.72. The zero-order valence-electron chi connectivity index (χ0n) is 15.3. The maximum Gasteiger partial charge on any atom is 0.160 e. The fraction of sp³-hybridized carbons (Fsp3) is 0.478. The predicted octanol–water partition coefficient (Wildman–Crippen LogP) is 7.25. The number of hydrogen-bond acceptors (Lipinski definition) is 0. The summed E-state index contributed by atoms with van der Waals surface area (Å²) in [6, 6.07) is 22.1. The van der Waals surface area contributed by atoms with Crippen LogP contribution in [0.15, 0.2) is 70.5 Å². The summed E-state index contributed by atoms with van der Waals surface area (Å²) in [5, 5.41) is 0. The van der Waals surface area contributed by atoms with Crippen LogP contribution in [0, 0.1) is 0 Å². The van der Waals surface area contributed by atoms with Gasteiger partial charge in [0.25, 0.3) is 0 Å². The maximum atomic E-state index is 2.30. The molecule has 0 aliphatic rings. The molecule has 0 unspecified atom stereocenters. The number of unbranched alkanes of at least 4 members (excludes halogenated alkanes) is 8. The average molecular weight is 342 g/mol. The molecule has 0 aromatic heterocycles. The van der Waals surface area contributed by atoms with Crippen molar-refractivity contribution in [1.82, 2.24) is 0 Å². The lowest BCUT2D eigenvalue weighted by Gasteiger charge is -2.08. The van der Waals surface area contributed by atoms with Gasteiger partial charge in [-0.1, -0.05) is 88.3 Å². The zero-order valence-corrected chi connectivity index (χ0v) is 16.1. The molecule has 0 amide bonds. The average Bonchev–Trinajstić information content (AvgIpc) is 2.65. The highest BCUT2D eigenvalue weighted by Crippen LogP contribution is 2.25. The normalized spacial score (nSPS) is 11.1. The highest BCUT2D eigenvalue weighted by atomic mass is 32.2. The lowest BCUT2D eigenvalue weighted by Crippen LogP contribution is -2.08. The van der Waals surface area contributed by atoms with Gasteiger partial charge in [-0.3, -0.25) is 0 Å². The van der Waals surface area contributed by atoms with Gasteiger partial charge in [-0.15, -0.1) is 0 Å². The zero-order chi connectivity index (χ0) is 16.9. The first-order valence-corrected chi connectivity index (χ1v) is 11.1. The summed E-state index contributed by atoms with van der Waals surface area (Å²) in [6.45, 7) is 2.29. The van der Waals surface area contributed by atoms with Crippen LogP contribution in [0.3, 0.4) is 0 Å². The van der Waals surface area contributed by atoms with Gasteiger partial charge in [0.15, 0.2) is 9.79 Å². The fourth-order valence-corrected chi connectivity index (χ4v) is 5.31. The Labute approximate surface area is 152 Å². The molecule has 0 atom stereocenters. The second kappa shape index (κ2) is 12.2. The first-order valence-electron chi connectivity index (χ1n) is 9.73. The predicted molar refractivity (Wildman–Crippen MR) is 109 cm³/mol. The highest BCUT2D eigenvalue weighted by Gasteiger charge is 2.23. The van der Waals surface area contributed by atoms with Crippen LogP contribution in [0.2, 0.25) is 0 Å². The summed E-state index contributed by atoms with van der Waals surface area (Å²) in [5.41, 5.74) is 0. The standard InChI is InChI=1S/C23H33S/c1-2-3-4-5-6-7-8-9-16-21-24(22-17-12-10-13-18-22)23-19-14-11-15-20-23/h10-15,17-20H,2-9,16,21H2,1H3/q+1. The van der Waals surface area contributed by atoms with Gasteiger partial charge in [0.1, 0.15) is 5.75 Å². The molecule has 2 rings (SSSR count). The van der Waals surface area contributed by atoms with Crippen molar-refractivity contribution in [2.75, 3.05) is 5.75 Å². The van der Waals surface area contributed by atoms with Crippen LogP contribution < -0.4 is 0 Å². The molecule has 0 heterocycles. The van der Waals surface area contributed by atoms with Crippen molar-refractivity contribution in [3.8, 4) is 0 Å². The molecule has 0 nitrogen and oxygen atoms in total. The SMILES string of the molecule is CCCCCCCCCCC[S+](c1ccccc1)c1ccccc1. The molecule has 0 saturated heterocycles. The second-order valence-electron chi connectivity index (χ2n) is 6.55. The molecule has 2 aromatic carbocycles. The van der Waals surface area contributed by atoms with Gasteiger partial charge in [0.2, 0.25) is 0 Å². The molecule has 0 fully saturated rings. The fourth-order valence-electron chi connectivity index (χ4n) is 3.10. The first-order chi connectivity index (χ1) is 11.9. The van der Waals surface area contributed by atoms with Gasteiger partial charge in [0.05, 0.1) is 10.9 Å². The van der Waals surface area contributed by atoms with Gasteiger partial charge < -0.3 is 0 Å². The Morgan fingerprint density at radius 1 is 0.542 bits per heavy atom. The Morgan fingerprint density at radius 3 is 1.42 bits per heavy atom. The van der Waals surface area contributed by atoms with E-state index in [0.29, 0.717) is 0 Å². The van der Waals surface area contributed by atoms with E-state index in [1.807, 2.05) is 0 Å². The largest absolute Gasteiger partial charge is 0.160 e. The Morgan fingerprint density at radius 2 is 0.958 bits per heavy atom. The number of rotatable bonds is 12. The third kappa shape index (κ3) is 7.13. The first kappa shape index (κ1) is 19.1. The summed E-state index contributed by atoms with van der Waals surface area (Å²) >= 11 is 0. The molecule has 2 aromatic rings. The van der Waals surface area contributed by atoms with Crippen LogP contribution in [0.1, 0.15) is 64.7 Å². The number of benzene rings is 2. The Balaban J connectivity index is 1.74. The van der Waals surface area contributed by atoms with Gasteiger partial charge in [-0.2, -0.15) is 0 Å². The highest BCUT2D eigenvalue weighted by molar-refractivity contribution is 7.97. The number of hydrogen-bond donors (Lipinski definition) is 0. The summed E-state index contributed by atoms with van der Waals surface area (Å²) in [4.78, 5) is 2.98. The monoisotopic (exact) mass is 341 g/mol. The van der Waals surface area contributed by atoms with Crippen molar-refractivity contribution >= 4 is 10.9 Å². The Hall–Kier alpha value is -1.21. The molecule has 0 spiro atoms. The van der Waals surface area contributed by atoms with E-state index in [1.54, 1.807) is 0 Å². The van der Waals surface area contributed by atoms with Crippen LogP contribution >= 0.6 is 0 Å². The van der Waals surface area contributed by atoms with Crippen molar-refractivity contribution < 1.29 is 0 Å². The lowest BCUT2D eigenvalue weighted by molar-refractivity contribution is 0.573. The van der Waals surface area contributed by atoms with E-state index in [1.165, 1.54) is 73.3 Å². The van der Waals surface area contributed by atoms with E-state index in [9.17, 15) is 0 Å². The quantitative estimate of drug-likeness (QED) is 0.281. The van der Waals surface area contributed by atoms with Gasteiger partial charge in [-0.25, -0.2) is 0 Å². The minimum Gasteiger partial charge on any atom is -0.0654 e. The van der Waals surface area contributed by atoms with E-state index >= 15 is 0 Å². The van der Waals surface area contributed by atoms with Crippen LogP contribution in [0.4, 0.5) is 0 Å². The summed E-state index contributed by atoms with van der Waals surface area (Å²) in [7, 11) is 0.237. The maximum absolute atomic E-state index is 2.30. The summed E-state index contributed by atoms with van der Waals surface area (Å²) in [5.74, 6) is 1.30. The summed E-state index contributed by atoms with van der Waals surface area (Å²) < 4.78 is 0. The summed E-state index contributed by atoms with van der Waals surface area (Å²) in [6.07, 6.45) is 12.6. The molecule has 130 valence electrons. The van der Waals surface area contributed by atoms with Crippen molar-refractivity contribution in [3.05, 3.63) is 60.7 Å². The topological polar surface area (TPSA) is 0 Å². The molecule has 0 aliphatic heterocycles. The minimum absolute atomic E-state index is 0.237. The van der Waals surface area contributed by atoms with Crippen LogP contribution in [-0.4, -0.2) is 5.75 Å². The van der Waals surface area contributed by atoms with E-state index < -0.39 is 0 Å². The van der Waals surface area contributed by atoms with Crippen LogP contribution in [0.5, 0.6) is 0 Å². The third-order valence-electron chi connectivity index (χ3n) is 4.51. The van der Waals surface area contributed by atoms with Crippen molar-refractivity contribution in [1.29, 1.82) is 0 Å². The molecule has 24 heavy (non-hydrogen) atoms. The minimum atomic E-state index is 0.237. The molecule has 0 radical (unpaired) electrons. The Bertz CT molecular complexity index is 481. The molecule has 0 aliphatic carbocycles. The molecule has 0 saturated carbocycles. The second-order valence-corrected chi connectivity index (χ2v) is 8.68. The van der Waals surface area contributed by atoms with Gasteiger partial charge >= 0.3 is 0 Å². The molecule has 0 bridgehead atoms. The van der Waals surface area contributed by atoms with Crippen molar-refractivity contribution in [2.24, 2.45) is 0 Å². The smallest absolute Gasteiger partial charge is 0.0654 e. The van der Waals surface area contributed by atoms with E-state index in [4.69, 9.17) is 0 Å². The molecular weight excluding hydrogens is 308 g/mol. The van der Waals surface area contributed by atoms with E-state index in [2.05, 4.69) is 67.6 Å². The van der Waals surface area contributed by atoms with Gasteiger partial charge in [0, 0.05) is 0 Å². The van der Waals surface area contributed by atoms with Gasteiger partial charge in [-0.05, 0) is 37.1 Å². The third-order valence-corrected chi connectivity index (χ3v) is 6.89. The van der Waals surface area contributed by atoms with E-state index in [0.717, 1.165) is 0 Å². The van der Waals surface area contributed by atoms with E-state index in [-0.39, 0.29) is 10.9 Å². The van der Waals surface area contributed by atoms with Crippen molar-refractivity contribution in [3.63, 3.8) is 0 Å². The van der Waals surface area contributed by atoms with Crippen LogP contribution in [-0.2, 0) is 10.9 Å². The lowest BCUT2D eigenvalue weighted by atomic mass is 10.1. The van der Waals surface area contributed by atoms with Crippen molar-refractivity contribution in [2.45, 2.75) is 74.5 Å².